The highest BCUT2D eigenvalue weighted by Crippen LogP contribution is 2.43. The number of para-hydroxylation sites is 2. The number of nitrogens with one attached hydrogen (secondary N) is 2. The predicted octanol–water partition coefficient (Wildman–Crippen LogP) is 10.1. The molecular weight excluding hydrogens is 949 g/mol. The van der Waals surface area contributed by atoms with Gasteiger partial charge in [0.15, 0.2) is 28.8 Å². The molecule has 0 fully saturated rings. The molecule has 0 aromatic heterocycles. The number of nitrogens with zero attached hydrogens (tertiary/aromatic N) is 2. The van der Waals surface area contributed by atoms with Gasteiger partial charge in [-0.1, -0.05) is 64.1 Å². The van der Waals surface area contributed by atoms with Gasteiger partial charge in [-0.25, -0.2) is 0 Å². The summed E-state index contributed by atoms with van der Waals surface area (Å²) in [6, 6.07) is 28.4. The fourth-order valence-electron chi connectivity index (χ4n) is 11.2. The van der Waals surface area contributed by atoms with Gasteiger partial charge in [0, 0.05) is 71.9 Å². The maximum Gasteiger partial charge on any atom is 0.258 e. The number of amides is 4. The Morgan fingerprint density at radius 2 is 1.15 bits per heavy atom. The maximum absolute atomic E-state index is 14.2. The molecule has 4 amide bonds. The Hall–Kier alpha value is -7.48. The van der Waals surface area contributed by atoms with Crippen LogP contribution in [0.2, 0.25) is 0 Å². The number of benzene rings is 5. The highest BCUT2D eigenvalue weighted by atomic mass is 16.5. The first-order valence-corrected chi connectivity index (χ1v) is 26.5. The summed E-state index contributed by atoms with van der Waals surface area (Å²) in [5.41, 5.74) is 9.00. The molecule has 4 heterocycles. The number of fused-ring (bicyclic) bond motifs is 8. The van der Waals surface area contributed by atoms with E-state index in [4.69, 9.17) is 18.9 Å². The van der Waals surface area contributed by atoms with Crippen LogP contribution in [0.3, 0.4) is 0 Å². The molecule has 4 aliphatic rings. The monoisotopic (exact) mass is 1020 g/mol. The lowest BCUT2D eigenvalue weighted by atomic mass is 9.92. The van der Waals surface area contributed by atoms with E-state index >= 15 is 0 Å². The molecule has 5 aromatic carbocycles. The normalized spacial score (nSPS) is 17.0. The molecule has 0 spiro atoms. The van der Waals surface area contributed by atoms with E-state index in [2.05, 4.69) is 22.8 Å². The summed E-state index contributed by atoms with van der Waals surface area (Å²) in [5, 5.41) is 5.91. The van der Waals surface area contributed by atoms with Gasteiger partial charge in [-0.3, -0.25) is 28.8 Å². The van der Waals surface area contributed by atoms with E-state index in [1.54, 1.807) is 33.3 Å². The van der Waals surface area contributed by atoms with E-state index in [0.29, 0.717) is 89.5 Å². The lowest BCUT2D eigenvalue weighted by molar-refractivity contribution is -0.131. The molecule has 9 rings (SSSR count). The second-order valence-electron chi connectivity index (χ2n) is 20.8. The van der Waals surface area contributed by atoms with Crippen LogP contribution in [0.5, 0.6) is 23.0 Å². The van der Waals surface area contributed by atoms with Crippen molar-refractivity contribution in [3.8, 4) is 23.0 Å². The summed E-state index contributed by atoms with van der Waals surface area (Å²) in [7, 11) is 3.10. The standard InChI is InChI=1S/C61H68N4O10/c1-7-47(66)16-10-13-19-57(68)63-58(36(2)3)52(67)24-37(4)59(69)62-44-26-38(34-74-55-30-40-20-22-45-28-42-14-8-11-17-50(42)64(45)60(70)48(40)32-53(55)72-5)25-39(27-44)35-75-56-31-41-21-23-46-29-43-15-9-12-18-51(43)65(46)61(71)49(41)33-54(56)73-6/h8-9,11-12,14-15,17-18,25-27,30-33,36-37,45-46,58H,7,10,13,16,19-24,28-29,34-35H2,1-6H3,(H,62,69)(H,63,68)/t37-,45-,46-,58+/m1/s1. The van der Waals surface area contributed by atoms with Gasteiger partial charge in [0.2, 0.25) is 11.8 Å². The summed E-state index contributed by atoms with van der Waals surface area (Å²) in [5.74, 6) is -0.0515. The number of ether oxygens (including phenoxy) is 4. The third-order valence-corrected chi connectivity index (χ3v) is 15.2. The summed E-state index contributed by atoms with van der Waals surface area (Å²) >= 11 is 0. The molecule has 0 saturated carbocycles. The molecule has 14 heteroatoms. The van der Waals surface area contributed by atoms with Gasteiger partial charge in [-0.2, -0.15) is 0 Å². The average Bonchev–Trinajstić information content (AvgIpc) is 3.90. The number of ketones is 2. The van der Waals surface area contributed by atoms with Crippen molar-refractivity contribution in [3.63, 3.8) is 0 Å². The largest absolute Gasteiger partial charge is 0.493 e. The lowest BCUT2D eigenvalue weighted by Gasteiger charge is -2.23. The van der Waals surface area contributed by atoms with Crippen molar-refractivity contribution < 1.29 is 47.7 Å². The number of aryl methyl sites for hydroxylation is 2. The Bertz CT molecular complexity index is 2860. The Labute approximate surface area is 439 Å². The molecule has 4 aliphatic heterocycles. The van der Waals surface area contributed by atoms with Crippen molar-refractivity contribution in [1.82, 2.24) is 5.32 Å². The molecule has 75 heavy (non-hydrogen) atoms. The molecule has 4 atom stereocenters. The molecule has 5 aromatic rings. The molecule has 0 radical (unpaired) electrons. The Kier molecular flexibility index (Phi) is 16.0. The van der Waals surface area contributed by atoms with Gasteiger partial charge in [0.25, 0.3) is 11.8 Å². The molecule has 0 bridgehead atoms. The number of rotatable bonds is 21. The quantitative estimate of drug-likeness (QED) is 0.0675. The fourth-order valence-corrected chi connectivity index (χ4v) is 11.2. The predicted molar refractivity (Wildman–Crippen MR) is 287 cm³/mol. The van der Waals surface area contributed by atoms with Crippen LogP contribution in [0.15, 0.2) is 91.0 Å². The fraction of sp³-hybridized carbons (Fsp3) is 0.410. The van der Waals surface area contributed by atoms with Crippen LogP contribution < -0.4 is 39.4 Å². The number of anilines is 3. The first kappa shape index (κ1) is 52.4. The number of carbonyl (C=O) groups excluding carboxylic acids is 6. The molecular formula is C61H68N4O10. The van der Waals surface area contributed by atoms with E-state index in [1.807, 2.05) is 97.3 Å². The number of hydrogen-bond acceptors (Lipinski definition) is 10. The van der Waals surface area contributed by atoms with Gasteiger partial charge in [0.05, 0.1) is 20.3 Å². The first-order valence-electron chi connectivity index (χ1n) is 26.5. The van der Waals surface area contributed by atoms with Gasteiger partial charge >= 0.3 is 0 Å². The molecule has 0 aliphatic carbocycles. The number of hydrogen-bond donors (Lipinski definition) is 2. The highest BCUT2D eigenvalue weighted by molar-refractivity contribution is 6.10. The zero-order valence-electron chi connectivity index (χ0n) is 43.9. The van der Waals surface area contributed by atoms with Gasteiger partial charge in [-0.15, -0.1) is 0 Å². The van der Waals surface area contributed by atoms with Gasteiger partial charge in [-0.05, 0) is 145 Å². The van der Waals surface area contributed by atoms with Crippen LogP contribution in [0.25, 0.3) is 0 Å². The summed E-state index contributed by atoms with van der Waals surface area (Å²) in [6.45, 7) is 7.34. The smallest absolute Gasteiger partial charge is 0.258 e. The second kappa shape index (κ2) is 23.0. The van der Waals surface area contributed by atoms with E-state index < -0.39 is 12.0 Å². The number of carbonyl (C=O) groups is 6. The van der Waals surface area contributed by atoms with Gasteiger partial charge in [0.1, 0.15) is 19.0 Å². The Morgan fingerprint density at radius 3 is 1.64 bits per heavy atom. The zero-order valence-corrected chi connectivity index (χ0v) is 43.9. The first-order chi connectivity index (χ1) is 36.2. The van der Waals surface area contributed by atoms with Crippen molar-refractivity contribution in [2.75, 3.05) is 29.3 Å². The minimum atomic E-state index is -0.775. The SMILES string of the molecule is CCC(=O)CCCCC(=O)N[C@H](C(=O)C[C@@H](C)C(=O)Nc1cc(COc2cc3c(cc2OC)C(=O)N2c4ccccc4C[C@H]2CC3)cc(COc2cc3c(cc2OC)C(=O)N2c4ccccc4C[C@H]2CC3)c1)C(C)C. The van der Waals surface area contributed by atoms with E-state index in [0.717, 1.165) is 48.2 Å². The van der Waals surface area contributed by atoms with Crippen molar-refractivity contribution in [3.05, 3.63) is 136 Å². The molecule has 2 N–H and O–H groups in total. The molecule has 0 unspecified atom stereocenters. The van der Waals surface area contributed by atoms with Crippen molar-refractivity contribution in [2.24, 2.45) is 11.8 Å². The number of methoxy groups -OCH3 is 2. The number of unbranched alkanes of at least 4 members (excludes halogenated alkanes) is 1. The minimum absolute atomic E-state index is 0.0588. The maximum atomic E-state index is 14.2. The van der Waals surface area contributed by atoms with E-state index in [1.165, 1.54) is 11.1 Å². The van der Waals surface area contributed by atoms with Gasteiger partial charge < -0.3 is 39.4 Å². The zero-order chi connectivity index (χ0) is 52.9. The van der Waals surface area contributed by atoms with Crippen LogP contribution in [0, 0.1) is 11.8 Å². The van der Waals surface area contributed by atoms with Crippen LogP contribution >= 0.6 is 0 Å². The van der Waals surface area contributed by atoms with E-state index in [-0.39, 0.29) is 79.3 Å². The Balaban J connectivity index is 0.939. The van der Waals surface area contributed by atoms with Crippen molar-refractivity contribution >= 4 is 52.3 Å². The second-order valence-corrected chi connectivity index (χ2v) is 20.8. The van der Waals surface area contributed by atoms with Crippen molar-refractivity contribution in [1.29, 1.82) is 0 Å². The van der Waals surface area contributed by atoms with Crippen LogP contribution in [-0.2, 0) is 58.1 Å². The highest BCUT2D eigenvalue weighted by Gasteiger charge is 2.39. The number of Topliss-reactive ketones (excluding diaryl/α,β-unsaturated/α-hetero) is 2. The van der Waals surface area contributed by atoms with Crippen LogP contribution in [-0.4, -0.2) is 67.5 Å². The summed E-state index contributed by atoms with van der Waals surface area (Å²) in [4.78, 5) is 84.5. The third-order valence-electron chi connectivity index (χ3n) is 15.2. The molecule has 14 nitrogen and oxygen atoms in total. The summed E-state index contributed by atoms with van der Waals surface area (Å²) < 4.78 is 24.8. The molecule has 0 saturated heterocycles. The average molecular weight is 1020 g/mol. The molecule has 392 valence electrons. The third kappa shape index (κ3) is 11.4. The minimum Gasteiger partial charge on any atom is -0.493 e. The summed E-state index contributed by atoms with van der Waals surface area (Å²) in [6.07, 6.45) is 6.71. The van der Waals surface area contributed by atoms with Crippen LogP contribution in [0.1, 0.15) is 133 Å². The van der Waals surface area contributed by atoms with E-state index in [9.17, 15) is 28.8 Å². The Morgan fingerprint density at radius 1 is 0.640 bits per heavy atom. The lowest BCUT2D eigenvalue weighted by Crippen LogP contribution is -2.45. The topological polar surface area (TPSA) is 170 Å². The van der Waals surface area contributed by atoms with Crippen molar-refractivity contribution in [2.45, 2.75) is 136 Å². The van der Waals surface area contributed by atoms with Crippen LogP contribution in [0.4, 0.5) is 17.1 Å².